The molecule has 2 heterocycles. The number of primary amides is 1. The number of fused-ring (bicyclic) bond motifs is 1. The Hall–Kier alpha value is -3.30. The number of anilines is 1. The Morgan fingerprint density at radius 2 is 1.86 bits per heavy atom. The molecule has 8 nitrogen and oxygen atoms in total. The monoisotopic (exact) mass is 492 g/mol. The molecule has 0 saturated heterocycles. The summed E-state index contributed by atoms with van der Waals surface area (Å²) in [7, 11) is 0. The molecule has 1 unspecified atom stereocenters. The lowest BCUT2D eigenvalue weighted by Gasteiger charge is -2.27. The second kappa shape index (κ2) is 11.4. The topological polar surface area (TPSA) is 98.3 Å². The van der Waals surface area contributed by atoms with Gasteiger partial charge in [0.2, 0.25) is 17.0 Å². The van der Waals surface area contributed by atoms with E-state index in [1.165, 1.54) is 5.56 Å². The van der Waals surface area contributed by atoms with E-state index in [9.17, 15) is 4.79 Å². The predicted octanol–water partition coefficient (Wildman–Crippen LogP) is 4.07. The highest BCUT2D eigenvalue weighted by Gasteiger charge is 2.33. The molecule has 2 aromatic carbocycles. The van der Waals surface area contributed by atoms with Crippen LogP contribution in [0.4, 0.5) is 5.95 Å². The van der Waals surface area contributed by atoms with Crippen LogP contribution in [0, 0.1) is 0 Å². The summed E-state index contributed by atoms with van der Waals surface area (Å²) in [5, 5.41) is 8.56. The Kier molecular flexibility index (Phi) is 8.09. The van der Waals surface area contributed by atoms with E-state index in [0.717, 1.165) is 36.7 Å². The van der Waals surface area contributed by atoms with Crippen molar-refractivity contribution < 1.29 is 9.53 Å². The second-order valence-electron chi connectivity index (χ2n) is 8.31. The summed E-state index contributed by atoms with van der Waals surface area (Å²) in [6.45, 7) is 9.63. The molecular formula is C26H32N6O2S. The van der Waals surface area contributed by atoms with Crippen LogP contribution in [-0.2, 0) is 10.5 Å². The number of carbonyl (C=O) groups excluding carboxylic acids is 1. The molecule has 1 aliphatic rings. The number of nitrogens with one attached hydrogen (secondary N) is 1. The summed E-state index contributed by atoms with van der Waals surface area (Å²) in [6.07, 6.45) is 0. The Bertz CT molecular complexity index is 1170. The number of nitrogens with zero attached hydrogens (tertiary/aromatic N) is 4. The number of ether oxygens (including phenoxy) is 1. The zero-order valence-corrected chi connectivity index (χ0v) is 21.2. The molecule has 4 rings (SSSR count). The SMILES string of the molecule is CCN(CC)CCOc1ccc(C2C(C(N)=O)=C(C)Nc3nc(SCc4ccccc4)nn32)cc1. The first-order valence-corrected chi connectivity index (χ1v) is 12.8. The van der Waals surface area contributed by atoms with Crippen LogP contribution in [0.5, 0.6) is 5.75 Å². The van der Waals surface area contributed by atoms with Gasteiger partial charge < -0.3 is 20.7 Å². The van der Waals surface area contributed by atoms with Gasteiger partial charge in [-0.05, 0) is 43.3 Å². The van der Waals surface area contributed by atoms with Crippen LogP contribution < -0.4 is 15.8 Å². The van der Waals surface area contributed by atoms with Crippen molar-refractivity contribution in [2.24, 2.45) is 5.73 Å². The number of rotatable bonds is 11. The summed E-state index contributed by atoms with van der Waals surface area (Å²) >= 11 is 1.55. The molecule has 3 N–H and O–H groups in total. The van der Waals surface area contributed by atoms with Crippen LogP contribution in [0.2, 0.25) is 0 Å². The maximum atomic E-state index is 12.4. The maximum absolute atomic E-state index is 12.4. The minimum Gasteiger partial charge on any atom is -0.492 e. The maximum Gasteiger partial charge on any atom is 0.248 e. The van der Waals surface area contributed by atoms with E-state index < -0.39 is 11.9 Å². The summed E-state index contributed by atoms with van der Waals surface area (Å²) in [4.78, 5) is 19.4. The number of hydrogen-bond donors (Lipinski definition) is 2. The van der Waals surface area contributed by atoms with E-state index in [1.54, 1.807) is 16.4 Å². The highest BCUT2D eigenvalue weighted by atomic mass is 32.2. The van der Waals surface area contributed by atoms with Crippen molar-refractivity contribution in [3.63, 3.8) is 0 Å². The van der Waals surface area contributed by atoms with Crippen molar-refractivity contribution in [1.29, 1.82) is 0 Å². The third-order valence-corrected chi connectivity index (χ3v) is 6.98. The van der Waals surface area contributed by atoms with E-state index in [0.29, 0.717) is 29.0 Å². The first-order valence-electron chi connectivity index (χ1n) is 11.9. The van der Waals surface area contributed by atoms with Gasteiger partial charge in [-0.25, -0.2) is 4.68 Å². The minimum atomic E-state index is -0.487. The van der Waals surface area contributed by atoms with Gasteiger partial charge in [0.25, 0.3) is 0 Å². The third-order valence-electron chi connectivity index (χ3n) is 6.08. The molecule has 1 aliphatic heterocycles. The fourth-order valence-electron chi connectivity index (χ4n) is 4.12. The number of thioether (sulfide) groups is 1. The molecule has 3 aromatic rings. The number of likely N-dealkylation sites (N-methyl/N-ethyl adjacent to an activating group) is 1. The smallest absolute Gasteiger partial charge is 0.248 e. The number of aromatic nitrogens is 3. The first kappa shape index (κ1) is 24.8. The molecule has 35 heavy (non-hydrogen) atoms. The largest absolute Gasteiger partial charge is 0.492 e. The second-order valence-corrected chi connectivity index (χ2v) is 9.25. The average Bonchev–Trinajstić information content (AvgIpc) is 3.28. The molecular weight excluding hydrogens is 460 g/mol. The van der Waals surface area contributed by atoms with E-state index in [4.69, 9.17) is 15.6 Å². The molecule has 0 aliphatic carbocycles. The number of amides is 1. The van der Waals surface area contributed by atoms with Crippen molar-refractivity contribution in [3.8, 4) is 5.75 Å². The van der Waals surface area contributed by atoms with Crippen LogP contribution in [-0.4, -0.2) is 51.8 Å². The highest BCUT2D eigenvalue weighted by molar-refractivity contribution is 7.98. The molecule has 0 fully saturated rings. The molecule has 0 radical (unpaired) electrons. The lowest BCUT2D eigenvalue weighted by atomic mass is 9.95. The van der Waals surface area contributed by atoms with E-state index in [2.05, 4.69) is 41.2 Å². The molecule has 0 bridgehead atoms. The van der Waals surface area contributed by atoms with Gasteiger partial charge in [-0.3, -0.25) is 4.79 Å². The molecule has 1 amide bonds. The molecule has 1 aromatic heterocycles. The minimum absolute atomic E-state index is 0.466. The predicted molar refractivity (Wildman–Crippen MR) is 139 cm³/mol. The molecule has 9 heteroatoms. The lowest BCUT2D eigenvalue weighted by molar-refractivity contribution is -0.115. The van der Waals surface area contributed by atoms with Crippen molar-refractivity contribution in [3.05, 3.63) is 77.0 Å². The van der Waals surface area contributed by atoms with Gasteiger partial charge in [-0.15, -0.1) is 5.10 Å². The van der Waals surface area contributed by atoms with Crippen molar-refractivity contribution in [2.45, 2.75) is 37.7 Å². The van der Waals surface area contributed by atoms with Gasteiger partial charge in [0.1, 0.15) is 18.4 Å². The zero-order valence-electron chi connectivity index (χ0n) is 20.4. The number of hydrogen-bond acceptors (Lipinski definition) is 7. The van der Waals surface area contributed by atoms with Gasteiger partial charge >= 0.3 is 0 Å². The van der Waals surface area contributed by atoms with Gasteiger partial charge in [0, 0.05) is 18.0 Å². The lowest BCUT2D eigenvalue weighted by Crippen LogP contribution is -2.31. The van der Waals surface area contributed by atoms with Crippen molar-refractivity contribution in [1.82, 2.24) is 19.7 Å². The number of benzene rings is 2. The Morgan fingerprint density at radius 3 is 2.51 bits per heavy atom. The Balaban J connectivity index is 1.54. The Morgan fingerprint density at radius 1 is 1.14 bits per heavy atom. The zero-order chi connectivity index (χ0) is 24.8. The highest BCUT2D eigenvalue weighted by Crippen LogP contribution is 2.36. The van der Waals surface area contributed by atoms with E-state index >= 15 is 0 Å². The average molecular weight is 493 g/mol. The molecule has 0 saturated carbocycles. The van der Waals surface area contributed by atoms with Gasteiger partial charge in [0.05, 0.1) is 5.57 Å². The normalized spacial score (nSPS) is 15.1. The Labute approximate surface area is 210 Å². The molecule has 1 atom stereocenters. The quantitative estimate of drug-likeness (QED) is 0.390. The summed E-state index contributed by atoms with van der Waals surface area (Å²) in [5.41, 5.74) is 9.04. The third kappa shape index (κ3) is 5.86. The van der Waals surface area contributed by atoms with Crippen LogP contribution in [0.3, 0.4) is 0 Å². The van der Waals surface area contributed by atoms with E-state index in [-0.39, 0.29) is 0 Å². The number of nitrogens with two attached hydrogens (primary N) is 1. The van der Waals surface area contributed by atoms with Gasteiger partial charge in [-0.2, -0.15) is 4.98 Å². The summed E-state index contributed by atoms with van der Waals surface area (Å²) in [6, 6.07) is 17.5. The molecule has 0 spiro atoms. The first-order chi connectivity index (χ1) is 17.0. The fraction of sp³-hybridized carbons (Fsp3) is 0.346. The van der Waals surface area contributed by atoms with Gasteiger partial charge in [0.15, 0.2) is 0 Å². The van der Waals surface area contributed by atoms with Crippen LogP contribution in [0.15, 0.2) is 71.0 Å². The van der Waals surface area contributed by atoms with Crippen LogP contribution >= 0.6 is 11.8 Å². The van der Waals surface area contributed by atoms with Crippen LogP contribution in [0.25, 0.3) is 0 Å². The van der Waals surface area contributed by atoms with Crippen LogP contribution in [0.1, 0.15) is 37.9 Å². The fourth-order valence-corrected chi connectivity index (χ4v) is 4.91. The number of carbonyl (C=O) groups is 1. The van der Waals surface area contributed by atoms with Gasteiger partial charge in [-0.1, -0.05) is 68.1 Å². The molecule has 184 valence electrons. The summed E-state index contributed by atoms with van der Waals surface area (Å²) < 4.78 is 7.68. The summed E-state index contributed by atoms with van der Waals surface area (Å²) in [5.74, 6) is 1.64. The van der Waals surface area contributed by atoms with E-state index in [1.807, 2.05) is 49.4 Å². The van der Waals surface area contributed by atoms with Crippen molar-refractivity contribution in [2.75, 3.05) is 31.6 Å². The van der Waals surface area contributed by atoms with Crippen molar-refractivity contribution >= 4 is 23.6 Å². The standard InChI is InChI=1S/C26H32N6O2S/c1-4-31(5-2)15-16-34-21-13-11-20(12-14-21)23-22(24(27)33)18(3)28-25-29-26(30-32(23)25)35-17-19-9-7-6-8-10-19/h6-14,23H,4-5,15-17H2,1-3H3,(H2,27,33)(H,28,29,30). The number of allylic oxidation sites excluding steroid dienone is 1.